The van der Waals surface area contributed by atoms with E-state index in [2.05, 4.69) is 20.6 Å². The van der Waals surface area contributed by atoms with Gasteiger partial charge in [-0.2, -0.15) is 10.2 Å². The van der Waals surface area contributed by atoms with Crippen LogP contribution in [0.15, 0.2) is 53.6 Å². The van der Waals surface area contributed by atoms with Gasteiger partial charge in [0.15, 0.2) is 6.29 Å². The number of carbonyl (C=O) groups excluding carboxylic acids is 2. The Bertz CT molecular complexity index is 1480. The molecule has 0 aliphatic heterocycles. The standard InChI is InChI=1S/C25H23N5O4/c31-7-8-34-17-5-6-21-20(13-26-30(21)14-17)23(32)27-16-11-25(12-16)9-15(10-25)22-18-3-1-2-4-19(18)24(33)29-28-22/h1-7,13-16H,8-12H2,(H,27,32)(H,29,33). The number of nitrogens with one attached hydrogen (secondary N) is 2. The minimum atomic E-state index is -0.155. The summed E-state index contributed by atoms with van der Waals surface area (Å²) in [5.41, 5.74) is 2.25. The molecule has 0 radical (unpaired) electrons. The molecule has 6 rings (SSSR count). The van der Waals surface area contributed by atoms with Gasteiger partial charge in [0.1, 0.15) is 12.4 Å². The number of nitrogens with zero attached hydrogens (tertiary/aromatic N) is 3. The van der Waals surface area contributed by atoms with Crippen molar-refractivity contribution in [2.45, 2.75) is 37.6 Å². The first-order chi connectivity index (χ1) is 16.5. The van der Waals surface area contributed by atoms with Crippen molar-refractivity contribution in [1.82, 2.24) is 25.1 Å². The molecule has 9 nitrogen and oxygen atoms in total. The summed E-state index contributed by atoms with van der Waals surface area (Å²) in [6, 6.07) is 11.2. The Balaban J connectivity index is 1.09. The van der Waals surface area contributed by atoms with Crippen molar-refractivity contribution in [3.63, 3.8) is 0 Å². The SMILES string of the molecule is O=CCOc1ccc2c(C(=O)NC3CC4(C3)CC(c3n[nH]c(=O)c5ccccc35)C4)cnn2c1. The number of aromatic amines is 1. The average molecular weight is 457 g/mol. The summed E-state index contributed by atoms with van der Waals surface area (Å²) in [7, 11) is 0. The van der Waals surface area contributed by atoms with E-state index in [0.29, 0.717) is 34.4 Å². The number of aldehydes is 1. The quantitative estimate of drug-likeness (QED) is 0.430. The number of amides is 1. The third kappa shape index (κ3) is 3.35. The second kappa shape index (κ2) is 7.79. The molecule has 2 aliphatic carbocycles. The summed E-state index contributed by atoms with van der Waals surface area (Å²) in [5.74, 6) is 0.703. The van der Waals surface area contributed by atoms with Gasteiger partial charge in [-0.25, -0.2) is 9.61 Å². The zero-order valence-electron chi connectivity index (χ0n) is 18.4. The molecule has 0 saturated heterocycles. The maximum atomic E-state index is 12.9. The van der Waals surface area contributed by atoms with Crippen molar-refractivity contribution in [2.75, 3.05) is 6.61 Å². The number of hydrogen-bond acceptors (Lipinski definition) is 6. The molecular formula is C25H23N5O4. The summed E-state index contributed by atoms with van der Waals surface area (Å²) in [5, 5.41) is 16.0. The normalized spacial score (nSPS) is 23.4. The lowest BCUT2D eigenvalue weighted by Gasteiger charge is -2.57. The van der Waals surface area contributed by atoms with E-state index in [9.17, 15) is 14.4 Å². The van der Waals surface area contributed by atoms with Gasteiger partial charge in [0.2, 0.25) is 0 Å². The molecule has 0 bridgehead atoms. The number of benzene rings is 1. The van der Waals surface area contributed by atoms with Crippen molar-refractivity contribution in [3.8, 4) is 5.75 Å². The molecule has 3 heterocycles. The highest BCUT2D eigenvalue weighted by molar-refractivity contribution is 6.00. The van der Waals surface area contributed by atoms with E-state index < -0.39 is 0 Å². The Labute approximate surface area is 194 Å². The van der Waals surface area contributed by atoms with Gasteiger partial charge in [-0.1, -0.05) is 18.2 Å². The highest BCUT2D eigenvalue weighted by atomic mass is 16.5. The lowest BCUT2D eigenvalue weighted by Crippen LogP contribution is -2.55. The van der Waals surface area contributed by atoms with Crippen molar-refractivity contribution >= 4 is 28.5 Å². The van der Waals surface area contributed by atoms with Crippen LogP contribution in [0.1, 0.15) is 47.7 Å². The maximum absolute atomic E-state index is 12.9. The fraction of sp³-hybridized carbons (Fsp3) is 0.320. The maximum Gasteiger partial charge on any atom is 0.272 e. The number of aromatic nitrogens is 4. The topological polar surface area (TPSA) is 118 Å². The van der Waals surface area contributed by atoms with Gasteiger partial charge < -0.3 is 10.1 Å². The van der Waals surface area contributed by atoms with Crippen molar-refractivity contribution in [1.29, 1.82) is 0 Å². The zero-order chi connectivity index (χ0) is 23.3. The van der Waals surface area contributed by atoms with Crippen LogP contribution in [-0.4, -0.2) is 44.7 Å². The Kier molecular flexibility index (Phi) is 4.72. The fourth-order valence-electron chi connectivity index (χ4n) is 5.67. The van der Waals surface area contributed by atoms with Crippen molar-refractivity contribution in [2.24, 2.45) is 5.41 Å². The van der Waals surface area contributed by atoms with E-state index in [1.54, 1.807) is 29.0 Å². The van der Waals surface area contributed by atoms with E-state index in [-0.39, 0.29) is 29.5 Å². The van der Waals surface area contributed by atoms with Gasteiger partial charge in [-0.05, 0) is 49.3 Å². The van der Waals surface area contributed by atoms with Crippen LogP contribution in [0, 0.1) is 5.41 Å². The van der Waals surface area contributed by atoms with Crippen LogP contribution in [0.25, 0.3) is 16.3 Å². The number of H-pyrrole nitrogens is 1. The average Bonchev–Trinajstić information content (AvgIpc) is 3.23. The molecule has 1 aromatic carbocycles. The van der Waals surface area contributed by atoms with E-state index in [0.717, 1.165) is 36.8 Å². The molecule has 34 heavy (non-hydrogen) atoms. The van der Waals surface area contributed by atoms with Gasteiger partial charge in [-0.3, -0.25) is 14.4 Å². The van der Waals surface area contributed by atoms with Crippen molar-refractivity contribution < 1.29 is 14.3 Å². The minimum absolute atomic E-state index is 0.0289. The largest absolute Gasteiger partial charge is 0.485 e. The Hall–Kier alpha value is -4.01. The Morgan fingerprint density at radius 3 is 2.76 bits per heavy atom. The molecular weight excluding hydrogens is 434 g/mol. The number of fused-ring (bicyclic) bond motifs is 2. The molecule has 3 aromatic heterocycles. The van der Waals surface area contributed by atoms with E-state index in [1.807, 2.05) is 24.3 Å². The van der Waals surface area contributed by atoms with E-state index in [1.165, 1.54) is 0 Å². The molecule has 4 aromatic rings. The van der Waals surface area contributed by atoms with Crippen molar-refractivity contribution in [3.05, 3.63) is 70.4 Å². The number of pyridine rings is 1. The molecule has 0 unspecified atom stereocenters. The molecule has 1 spiro atoms. The number of ether oxygens (including phenoxy) is 1. The van der Waals surface area contributed by atoms with E-state index in [4.69, 9.17) is 4.74 Å². The first kappa shape index (κ1) is 20.6. The van der Waals surface area contributed by atoms with Gasteiger partial charge in [0.05, 0.1) is 34.6 Å². The highest BCUT2D eigenvalue weighted by Crippen LogP contribution is 2.62. The Morgan fingerprint density at radius 1 is 1.18 bits per heavy atom. The summed E-state index contributed by atoms with van der Waals surface area (Å²) in [6.45, 7) is -0.0289. The summed E-state index contributed by atoms with van der Waals surface area (Å²) in [4.78, 5) is 35.4. The summed E-state index contributed by atoms with van der Waals surface area (Å²) in [6.07, 6.45) is 7.80. The van der Waals surface area contributed by atoms with Crippen LogP contribution < -0.4 is 15.6 Å². The number of carbonyl (C=O) groups is 2. The molecule has 9 heteroatoms. The van der Waals surface area contributed by atoms with Crippen LogP contribution >= 0.6 is 0 Å². The van der Waals surface area contributed by atoms with Gasteiger partial charge in [-0.15, -0.1) is 0 Å². The molecule has 2 aliphatic rings. The molecule has 2 saturated carbocycles. The third-order valence-corrected chi connectivity index (χ3v) is 7.22. The van der Waals surface area contributed by atoms with Gasteiger partial charge in [0, 0.05) is 17.3 Å². The highest BCUT2D eigenvalue weighted by Gasteiger charge is 2.54. The monoisotopic (exact) mass is 457 g/mol. The van der Waals surface area contributed by atoms with Crippen LogP contribution in [0.5, 0.6) is 5.75 Å². The predicted molar refractivity (Wildman–Crippen MR) is 124 cm³/mol. The van der Waals surface area contributed by atoms with E-state index >= 15 is 0 Å². The lowest BCUT2D eigenvalue weighted by atomic mass is 9.49. The second-order valence-electron chi connectivity index (χ2n) is 9.40. The molecule has 2 N–H and O–H groups in total. The second-order valence-corrected chi connectivity index (χ2v) is 9.40. The van der Waals surface area contributed by atoms with Gasteiger partial charge in [0.25, 0.3) is 11.5 Å². The number of rotatable bonds is 6. The van der Waals surface area contributed by atoms with Gasteiger partial charge >= 0.3 is 0 Å². The molecule has 172 valence electrons. The summed E-state index contributed by atoms with van der Waals surface area (Å²) >= 11 is 0. The lowest BCUT2D eigenvalue weighted by molar-refractivity contribution is -0.109. The predicted octanol–water partition coefficient (Wildman–Crippen LogP) is 2.60. The van der Waals surface area contributed by atoms with Crippen LogP contribution in [0.3, 0.4) is 0 Å². The zero-order valence-corrected chi connectivity index (χ0v) is 18.4. The Morgan fingerprint density at radius 2 is 1.97 bits per heavy atom. The molecule has 0 atom stereocenters. The first-order valence-corrected chi connectivity index (χ1v) is 11.4. The smallest absolute Gasteiger partial charge is 0.272 e. The summed E-state index contributed by atoms with van der Waals surface area (Å²) < 4.78 is 6.86. The third-order valence-electron chi connectivity index (χ3n) is 7.22. The fourth-order valence-corrected chi connectivity index (χ4v) is 5.67. The van der Waals surface area contributed by atoms with Crippen LogP contribution in [-0.2, 0) is 4.79 Å². The van der Waals surface area contributed by atoms with Crippen LogP contribution in [0.2, 0.25) is 0 Å². The first-order valence-electron chi connectivity index (χ1n) is 11.4. The van der Waals surface area contributed by atoms with Crippen LogP contribution in [0.4, 0.5) is 0 Å². The molecule has 1 amide bonds. The molecule has 2 fully saturated rings. The minimum Gasteiger partial charge on any atom is -0.485 e. The number of hydrogen-bond donors (Lipinski definition) is 2.